The molecule has 4 nitrogen and oxygen atoms in total. The van der Waals surface area contributed by atoms with Gasteiger partial charge in [0.1, 0.15) is 0 Å². The highest BCUT2D eigenvalue weighted by atomic mass is 16.4. The number of carbonyl (C=O) groups is 2. The molecule has 0 heterocycles. The van der Waals surface area contributed by atoms with Crippen LogP contribution in [0.15, 0.2) is 24.3 Å². The van der Waals surface area contributed by atoms with E-state index < -0.39 is 11.9 Å². The van der Waals surface area contributed by atoms with Crippen molar-refractivity contribution < 1.29 is 19.8 Å². The van der Waals surface area contributed by atoms with Gasteiger partial charge < -0.3 is 10.2 Å². The Morgan fingerprint density at radius 2 is 1.85 bits per heavy atom. The minimum atomic E-state index is -0.900. The van der Waals surface area contributed by atoms with Gasteiger partial charge in [-0.3, -0.25) is 0 Å². The van der Waals surface area contributed by atoms with Gasteiger partial charge in [-0.05, 0) is 13.3 Å². The zero-order valence-corrected chi connectivity index (χ0v) is 7.78. The molecule has 0 aliphatic rings. The number of carboxylic acids is 2. The fourth-order valence-corrected chi connectivity index (χ4v) is 0.294. The topological polar surface area (TPSA) is 74.6 Å². The average molecular weight is 186 g/mol. The van der Waals surface area contributed by atoms with Gasteiger partial charge in [-0.25, -0.2) is 9.59 Å². The van der Waals surface area contributed by atoms with Crippen molar-refractivity contribution in [3.63, 3.8) is 0 Å². The molecule has 0 amide bonds. The Balaban J connectivity index is 0. The maximum Gasteiger partial charge on any atom is 0.330 e. The first-order valence-corrected chi connectivity index (χ1v) is 3.72. The lowest BCUT2D eigenvalue weighted by molar-refractivity contribution is -0.133. The van der Waals surface area contributed by atoms with Gasteiger partial charge in [0.25, 0.3) is 0 Å². The van der Waals surface area contributed by atoms with E-state index in [4.69, 9.17) is 10.2 Å². The molecule has 74 valence electrons. The molecule has 0 spiro atoms. The second-order valence-corrected chi connectivity index (χ2v) is 2.10. The fourth-order valence-electron chi connectivity index (χ4n) is 0.294. The number of aliphatic carboxylic acids is 2. The van der Waals surface area contributed by atoms with Crippen molar-refractivity contribution in [2.24, 2.45) is 0 Å². The van der Waals surface area contributed by atoms with Crippen molar-refractivity contribution in [3.05, 3.63) is 24.3 Å². The smallest absolute Gasteiger partial charge is 0.330 e. The standard InChI is InChI=1S/C5H8O2.C4H6O2/c1-3-4(2)5(6)7;1-2-3-4(5)6/h2-3H2,1H3,(H,6,7);2-3H,1H3,(H,5,6). The third-order valence-electron chi connectivity index (χ3n) is 1.04. The zero-order valence-electron chi connectivity index (χ0n) is 7.78. The van der Waals surface area contributed by atoms with Gasteiger partial charge >= 0.3 is 11.9 Å². The highest BCUT2D eigenvalue weighted by molar-refractivity contribution is 5.85. The van der Waals surface area contributed by atoms with Crippen LogP contribution in [-0.2, 0) is 9.59 Å². The molecule has 0 rings (SSSR count). The first-order valence-electron chi connectivity index (χ1n) is 3.72. The van der Waals surface area contributed by atoms with Crippen molar-refractivity contribution in [2.45, 2.75) is 20.3 Å². The molecule has 4 heteroatoms. The number of rotatable bonds is 3. The van der Waals surface area contributed by atoms with Crippen LogP contribution < -0.4 is 0 Å². The van der Waals surface area contributed by atoms with Crippen LogP contribution in [0.1, 0.15) is 20.3 Å². The van der Waals surface area contributed by atoms with E-state index in [1.54, 1.807) is 13.8 Å². The molecule has 0 aromatic heterocycles. The second-order valence-electron chi connectivity index (χ2n) is 2.10. The molecule has 0 aliphatic heterocycles. The van der Waals surface area contributed by atoms with Gasteiger partial charge in [0.15, 0.2) is 0 Å². The number of allylic oxidation sites excluding steroid dienone is 1. The quantitative estimate of drug-likeness (QED) is 0.657. The lowest BCUT2D eigenvalue weighted by Gasteiger charge is -1.87. The molecule has 13 heavy (non-hydrogen) atoms. The normalized spacial score (nSPS) is 8.77. The molecule has 0 aromatic rings. The fraction of sp³-hybridized carbons (Fsp3) is 0.333. The van der Waals surface area contributed by atoms with Crippen LogP contribution in [0.3, 0.4) is 0 Å². The molecule has 0 unspecified atom stereocenters. The van der Waals surface area contributed by atoms with Gasteiger partial charge in [-0.1, -0.05) is 19.6 Å². The lowest BCUT2D eigenvalue weighted by atomic mass is 10.2. The van der Waals surface area contributed by atoms with Crippen LogP contribution >= 0.6 is 0 Å². The van der Waals surface area contributed by atoms with E-state index in [1.165, 1.54) is 6.08 Å². The summed E-state index contributed by atoms with van der Waals surface area (Å²) in [6, 6.07) is 0. The molecule has 0 fully saturated rings. The van der Waals surface area contributed by atoms with Crippen molar-refractivity contribution in [2.75, 3.05) is 0 Å². The van der Waals surface area contributed by atoms with E-state index in [-0.39, 0.29) is 5.57 Å². The summed E-state index contributed by atoms with van der Waals surface area (Å²) in [4.78, 5) is 19.3. The van der Waals surface area contributed by atoms with Crippen molar-refractivity contribution >= 4 is 11.9 Å². The molecule has 0 aromatic carbocycles. The highest BCUT2D eigenvalue weighted by Gasteiger charge is 1.96. The summed E-state index contributed by atoms with van der Waals surface area (Å²) >= 11 is 0. The van der Waals surface area contributed by atoms with Crippen LogP contribution in [0.4, 0.5) is 0 Å². The van der Waals surface area contributed by atoms with Crippen LogP contribution in [0.2, 0.25) is 0 Å². The summed E-state index contributed by atoms with van der Waals surface area (Å²) < 4.78 is 0. The Hall–Kier alpha value is -1.58. The molecule has 0 atom stereocenters. The second kappa shape index (κ2) is 8.52. The molecular weight excluding hydrogens is 172 g/mol. The summed E-state index contributed by atoms with van der Waals surface area (Å²) in [5, 5.41) is 15.9. The molecule has 0 saturated carbocycles. The molecule has 0 radical (unpaired) electrons. The monoisotopic (exact) mass is 186 g/mol. The molecule has 0 bridgehead atoms. The maximum absolute atomic E-state index is 9.83. The lowest BCUT2D eigenvalue weighted by Crippen LogP contribution is -1.95. The van der Waals surface area contributed by atoms with E-state index >= 15 is 0 Å². The summed E-state index contributed by atoms with van der Waals surface area (Å²) in [6.07, 6.45) is 3.08. The summed E-state index contributed by atoms with van der Waals surface area (Å²) in [5.41, 5.74) is 0.264. The SMILES string of the molecule is C=C(CC)C(=O)O.CC=CC(=O)O. The average Bonchev–Trinajstić information content (AvgIpc) is 2.03. The van der Waals surface area contributed by atoms with Crippen molar-refractivity contribution in [1.29, 1.82) is 0 Å². The molecular formula is C9H14O4. The molecule has 2 N–H and O–H groups in total. The van der Waals surface area contributed by atoms with Gasteiger partial charge in [-0.2, -0.15) is 0 Å². The predicted molar refractivity (Wildman–Crippen MR) is 49.5 cm³/mol. The zero-order chi connectivity index (χ0) is 10.9. The van der Waals surface area contributed by atoms with Gasteiger partial charge in [-0.15, -0.1) is 0 Å². The maximum atomic E-state index is 9.83. The predicted octanol–water partition coefficient (Wildman–Crippen LogP) is 1.68. The van der Waals surface area contributed by atoms with Crippen molar-refractivity contribution in [3.8, 4) is 0 Å². The van der Waals surface area contributed by atoms with Crippen LogP contribution in [-0.4, -0.2) is 22.2 Å². The Kier molecular flexibility index (Phi) is 9.15. The van der Waals surface area contributed by atoms with Crippen molar-refractivity contribution in [1.82, 2.24) is 0 Å². The number of hydrogen-bond donors (Lipinski definition) is 2. The molecule has 0 aliphatic carbocycles. The van der Waals surface area contributed by atoms with E-state index in [0.29, 0.717) is 6.42 Å². The third kappa shape index (κ3) is 13.4. The summed E-state index contributed by atoms with van der Waals surface area (Å²) in [6.45, 7) is 6.69. The van der Waals surface area contributed by atoms with E-state index in [9.17, 15) is 9.59 Å². The minimum absolute atomic E-state index is 0.264. The Morgan fingerprint density at radius 3 is 1.85 bits per heavy atom. The van der Waals surface area contributed by atoms with Crippen LogP contribution in [0.25, 0.3) is 0 Å². The van der Waals surface area contributed by atoms with Gasteiger partial charge in [0.05, 0.1) is 0 Å². The minimum Gasteiger partial charge on any atom is -0.478 e. The summed E-state index contributed by atoms with van der Waals surface area (Å²) in [7, 11) is 0. The Bertz CT molecular complexity index is 216. The van der Waals surface area contributed by atoms with E-state index in [0.717, 1.165) is 6.08 Å². The third-order valence-corrected chi connectivity index (χ3v) is 1.04. The number of carboxylic acid groups (broad SMARTS) is 2. The first-order chi connectivity index (χ1) is 5.95. The highest BCUT2D eigenvalue weighted by Crippen LogP contribution is 1.93. The molecule has 0 saturated heterocycles. The number of hydrogen-bond acceptors (Lipinski definition) is 2. The Morgan fingerprint density at radius 1 is 1.38 bits per heavy atom. The first kappa shape index (κ1) is 14.0. The largest absolute Gasteiger partial charge is 0.478 e. The van der Waals surface area contributed by atoms with E-state index in [2.05, 4.69) is 6.58 Å². The Labute approximate surface area is 77.2 Å². The van der Waals surface area contributed by atoms with Crippen LogP contribution in [0.5, 0.6) is 0 Å². The van der Waals surface area contributed by atoms with Crippen LogP contribution in [0, 0.1) is 0 Å². The van der Waals surface area contributed by atoms with Gasteiger partial charge in [0.2, 0.25) is 0 Å². The van der Waals surface area contributed by atoms with E-state index in [1.807, 2.05) is 0 Å². The summed E-state index contributed by atoms with van der Waals surface area (Å²) in [5.74, 6) is -1.79. The van der Waals surface area contributed by atoms with Gasteiger partial charge in [0, 0.05) is 11.6 Å².